The summed E-state index contributed by atoms with van der Waals surface area (Å²) in [6, 6.07) is -0.141. The topological polar surface area (TPSA) is 72.6 Å². The van der Waals surface area contributed by atoms with E-state index in [2.05, 4.69) is 0 Å². The molecule has 102 valence electrons. The second-order valence-electron chi connectivity index (χ2n) is 5.50. The van der Waals surface area contributed by atoms with Crippen molar-refractivity contribution < 1.29 is 13.2 Å². The fourth-order valence-electron chi connectivity index (χ4n) is 2.09. The first-order valence-corrected chi connectivity index (χ1v) is 7.42. The van der Waals surface area contributed by atoms with Crippen LogP contribution in [-0.4, -0.2) is 49.8 Å². The van der Waals surface area contributed by atoms with Crippen LogP contribution >= 0.6 is 0 Å². The predicted molar refractivity (Wildman–Crippen MR) is 68.3 cm³/mol. The Hall–Kier alpha value is -0.170. The largest absolute Gasteiger partial charge is 0.381 e. The standard InChI is InChI=1S/C11H24N2O3S/c1-11(2,3)17(14,15)13-6-5-10(16-4)7-9(13)8-12/h9-10H,5-8,12H2,1-4H3. The van der Waals surface area contributed by atoms with Gasteiger partial charge < -0.3 is 10.5 Å². The number of ether oxygens (including phenoxy) is 1. The minimum absolute atomic E-state index is 0.120. The average molecular weight is 264 g/mol. The predicted octanol–water partition coefficient (Wildman–Crippen LogP) is 0.553. The zero-order chi connectivity index (χ0) is 13.3. The molecular formula is C11H24N2O3S. The van der Waals surface area contributed by atoms with Crippen LogP contribution in [0.2, 0.25) is 0 Å². The Morgan fingerprint density at radius 1 is 1.41 bits per heavy atom. The Morgan fingerprint density at radius 3 is 2.41 bits per heavy atom. The van der Waals surface area contributed by atoms with Gasteiger partial charge in [-0.3, -0.25) is 0 Å². The van der Waals surface area contributed by atoms with Gasteiger partial charge in [-0.15, -0.1) is 0 Å². The van der Waals surface area contributed by atoms with Crippen molar-refractivity contribution in [3.8, 4) is 0 Å². The van der Waals surface area contributed by atoms with Crippen molar-refractivity contribution in [1.29, 1.82) is 0 Å². The van der Waals surface area contributed by atoms with Crippen LogP contribution in [0.15, 0.2) is 0 Å². The SMILES string of the molecule is COC1CCN(S(=O)(=O)C(C)(C)C)C(CN)C1. The Kier molecular flexibility index (Phi) is 4.57. The Morgan fingerprint density at radius 2 is 2.00 bits per heavy atom. The number of methoxy groups -OCH3 is 1. The van der Waals surface area contributed by atoms with Crippen molar-refractivity contribution in [2.75, 3.05) is 20.2 Å². The summed E-state index contributed by atoms with van der Waals surface area (Å²) in [6.07, 6.45) is 1.54. The maximum Gasteiger partial charge on any atom is 0.219 e. The highest BCUT2D eigenvalue weighted by Crippen LogP contribution is 2.28. The first-order chi connectivity index (χ1) is 7.74. The molecule has 1 fully saturated rings. The monoisotopic (exact) mass is 264 g/mol. The van der Waals surface area contributed by atoms with Crippen molar-refractivity contribution in [3.63, 3.8) is 0 Å². The lowest BCUT2D eigenvalue weighted by molar-refractivity contribution is 0.0396. The molecule has 6 heteroatoms. The van der Waals surface area contributed by atoms with Crippen LogP contribution in [0, 0.1) is 0 Å². The van der Waals surface area contributed by atoms with E-state index in [9.17, 15) is 8.42 Å². The molecule has 2 N–H and O–H groups in total. The third kappa shape index (κ3) is 2.99. The number of sulfonamides is 1. The summed E-state index contributed by atoms with van der Waals surface area (Å²) < 4.78 is 30.9. The van der Waals surface area contributed by atoms with Gasteiger partial charge in [-0.2, -0.15) is 4.31 Å². The number of hydrogen-bond donors (Lipinski definition) is 1. The first kappa shape index (κ1) is 14.9. The van der Waals surface area contributed by atoms with Crippen LogP contribution in [-0.2, 0) is 14.8 Å². The summed E-state index contributed by atoms with van der Waals surface area (Å²) in [5.41, 5.74) is 5.69. The second kappa shape index (κ2) is 5.22. The quantitative estimate of drug-likeness (QED) is 0.808. The van der Waals surface area contributed by atoms with Crippen molar-refractivity contribution >= 4 is 10.0 Å². The van der Waals surface area contributed by atoms with Gasteiger partial charge in [0.2, 0.25) is 10.0 Å². The van der Waals surface area contributed by atoms with Gasteiger partial charge in [0.25, 0.3) is 0 Å². The third-order valence-electron chi connectivity index (χ3n) is 3.30. The molecule has 1 saturated heterocycles. The highest BCUT2D eigenvalue weighted by Gasteiger charge is 2.41. The molecule has 0 spiro atoms. The molecule has 17 heavy (non-hydrogen) atoms. The molecule has 1 aliphatic rings. The van der Waals surface area contributed by atoms with E-state index < -0.39 is 14.8 Å². The summed E-state index contributed by atoms with van der Waals surface area (Å²) in [5.74, 6) is 0. The maximum absolute atomic E-state index is 12.4. The van der Waals surface area contributed by atoms with E-state index in [0.717, 1.165) is 6.42 Å². The average Bonchev–Trinajstić information content (AvgIpc) is 2.26. The normalized spacial score (nSPS) is 28.3. The molecule has 0 aromatic heterocycles. The zero-order valence-electron chi connectivity index (χ0n) is 11.1. The molecular weight excluding hydrogens is 240 g/mol. The van der Waals surface area contributed by atoms with Crippen molar-refractivity contribution in [3.05, 3.63) is 0 Å². The fourth-order valence-corrected chi connectivity index (χ4v) is 3.70. The molecule has 1 aliphatic heterocycles. The highest BCUT2D eigenvalue weighted by atomic mass is 32.2. The van der Waals surface area contributed by atoms with Crippen LogP contribution < -0.4 is 5.73 Å². The number of piperidine rings is 1. The van der Waals surface area contributed by atoms with E-state index in [1.807, 2.05) is 0 Å². The van der Waals surface area contributed by atoms with E-state index in [-0.39, 0.29) is 12.1 Å². The van der Waals surface area contributed by atoms with Crippen molar-refractivity contribution in [1.82, 2.24) is 4.31 Å². The Labute approximate surface area is 104 Å². The summed E-state index contributed by atoms with van der Waals surface area (Å²) in [6.45, 7) is 6.00. The van der Waals surface area contributed by atoms with Gasteiger partial charge in [-0.05, 0) is 33.6 Å². The molecule has 0 amide bonds. The molecule has 2 unspecified atom stereocenters. The minimum Gasteiger partial charge on any atom is -0.381 e. The van der Waals surface area contributed by atoms with Crippen LogP contribution in [0.1, 0.15) is 33.6 Å². The molecule has 0 saturated carbocycles. The van der Waals surface area contributed by atoms with Crippen molar-refractivity contribution in [2.24, 2.45) is 5.73 Å². The molecule has 2 atom stereocenters. The number of hydrogen-bond acceptors (Lipinski definition) is 4. The van der Waals surface area contributed by atoms with Gasteiger partial charge >= 0.3 is 0 Å². The molecule has 0 aliphatic carbocycles. The summed E-state index contributed by atoms with van der Waals surface area (Å²) >= 11 is 0. The molecule has 0 aromatic carbocycles. The third-order valence-corrected chi connectivity index (χ3v) is 5.95. The van der Waals surface area contributed by atoms with Gasteiger partial charge in [-0.1, -0.05) is 0 Å². The Bertz CT molecular complexity index is 348. The Balaban J connectivity index is 2.92. The van der Waals surface area contributed by atoms with Gasteiger partial charge in [0.05, 0.1) is 10.9 Å². The smallest absolute Gasteiger partial charge is 0.219 e. The van der Waals surface area contributed by atoms with Gasteiger partial charge in [0.15, 0.2) is 0 Å². The molecule has 0 bridgehead atoms. The molecule has 1 heterocycles. The first-order valence-electron chi connectivity index (χ1n) is 5.98. The minimum atomic E-state index is -3.29. The van der Waals surface area contributed by atoms with E-state index in [1.54, 1.807) is 32.2 Å². The molecule has 0 aromatic rings. The summed E-state index contributed by atoms with van der Waals surface area (Å²) in [7, 11) is -1.64. The van der Waals surface area contributed by atoms with E-state index >= 15 is 0 Å². The highest BCUT2D eigenvalue weighted by molar-refractivity contribution is 7.90. The lowest BCUT2D eigenvalue weighted by Crippen LogP contribution is -2.55. The van der Waals surface area contributed by atoms with E-state index in [0.29, 0.717) is 19.5 Å². The van der Waals surface area contributed by atoms with Crippen molar-refractivity contribution in [2.45, 2.75) is 50.5 Å². The lowest BCUT2D eigenvalue weighted by atomic mass is 10.0. The molecule has 5 nitrogen and oxygen atoms in total. The van der Waals surface area contributed by atoms with Gasteiger partial charge in [0.1, 0.15) is 0 Å². The number of nitrogens with zero attached hydrogens (tertiary/aromatic N) is 1. The van der Waals surface area contributed by atoms with Gasteiger partial charge in [-0.25, -0.2) is 8.42 Å². The number of nitrogens with two attached hydrogens (primary N) is 1. The van der Waals surface area contributed by atoms with E-state index in [4.69, 9.17) is 10.5 Å². The van der Waals surface area contributed by atoms with Crippen LogP contribution in [0.4, 0.5) is 0 Å². The lowest BCUT2D eigenvalue weighted by Gasteiger charge is -2.40. The van der Waals surface area contributed by atoms with Gasteiger partial charge in [0, 0.05) is 26.2 Å². The van der Waals surface area contributed by atoms with E-state index in [1.165, 1.54) is 0 Å². The molecule has 1 rings (SSSR count). The fraction of sp³-hybridized carbons (Fsp3) is 1.00. The summed E-state index contributed by atoms with van der Waals surface area (Å²) in [5, 5.41) is 0. The van der Waals surface area contributed by atoms with Crippen LogP contribution in [0.25, 0.3) is 0 Å². The molecule has 0 radical (unpaired) electrons. The zero-order valence-corrected chi connectivity index (χ0v) is 12.0. The maximum atomic E-state index is 12.4. The van der Waals surface area contributed by atoms with Crippen LogP contribution in [0.3, 0.4) is 0 Å². The van der Waals surface area contributed by atoms with Crippen LogP contribution in [0.5, 0.6) is 0 Å². The number of rotatable bonds is 3. The second-order valence-corrected chi connectivity index (χ2v) is 8.14. The summed E-state index contributed by atoms with van der Waals surface area (Å²) in [4.78, 5) is 0.